The average Bonchev–Trinajstić information content (AvgIpc) is 0.722. The number of phosphoric acid groups is 1. The first-order valence-electron chi connectivity index (χ1n) is 0.783. The van der Waals surface area contributed by atoms with E-state index in [4.69, 9.17) is 19.2 Å². The number of rotatable bonds is 0. The van der Waals surface area contributed by atoms with Crippen molar-refractivity contribution < 1.29 is 23.9 Å². The minimum Gasteiger partial charge on any atom is -0.344 e. The third-order valence-corrected chi connectivity index (χ3v) is 0. The second kappa shape index (κ2) is 10.8. The minimum absolute atomic E-state index is 0. The minimum atomic E-state index is -4.64. The van der Waals surface area contributed by atoms with E-state index < -0.39 is 7.82 Å². The second-order valence-electron chi connectivity index (χ2n) is 0.513. The quantitative estimate of drug-likeness (QED) is 0.269. The SMILES string of the molecule is F.N.N.N.O=P(O)(O)O. The summed E-state index contributed by atoms with van der Waals surface area (Å²) in [5.74, 6) is 0. The Bertz CT molecular complexity index is 61.9. The van der Waals surface area contributed by atoms with Gasteiger partial charge in [-0.1, -0.05) is 0 Å². The molecule has 0 aliphatic heterocycles. The number of hydrogen-bond donors (Lipinski definition) is 6. The van der Waals surface area contributed by atoms with Gasteiger partial charge in [-0.15, -0.1) is 0 Å². The van der Waals surface area contributed by atoms with Gasteiger partial charge in [0.2, 0.25) is 0 Å². The van der Waals surface area contributed by atoms with Gasteiger partial charge in [-0.2, -0.15) is 0 Å². The molecule has 0 rings (SSSR count). The molecule has 0 amide bonds. The summed E-state index contributed by atoms with van der Waals surface area (Å²) in [6, 6.07) is 0. The van der Waals surface area contributed by atoms with E-state index in [1.54, 1.807) is 0 Å². The third kappa shape index (κ3) is 43400. The van der Waals surface area contributed by atoms with Gasteiger partial charge in [0.15, 0.2) is 0 Å². The predicted octanol–water partition coefficient (Wildman–Crippen LogP) is -0.290. The highest BCUT2D eigenvalue weighted by molar-refractivity contribution is 7.45. The topological polar surface area (TPSA) is 183 Å². The van der Waals surface area contributed by atoms with Crippen LogP contribution in [0.3, 0.4) is 0 Å². The van der Waals surface area contributed by atoms with Crippen molar-refractivity contribution in [3.05, 3.63) is 0 Å². The Morgan fingerprint density at radius 2 is 0.889 bits per heavy atom. The van der Waals surface area contributed by atoms with E-state index in [0.717, 1.165) is 0 Å². The van der Waals surface area contributed by atoms with Crippen LogP contribution in [0.15, 0.2) is 0 Å². The molecule has 9 heteroatoms. The molecule has 9 heavy (non-hydrogen) atoms. The molecular weight excluding hydrogens is 156 g/mol. The van der Waals surface area contributed by atoms with E-state index in [1.165, 1.54) is 0 Å². The fourth-order valence-electron chi connectivity index (χ4n) is 0. The first-order chi connectivity index (χ1) is 2.00. The van der Waals surface area contributed by atoms with Crippen LogP contribution in [0.1, 0.15) is 0 Å². The smallest absolute Gasteiger partial charge is 0.344 e. The van der Waals surface area contributed by atoms with Crippen molar-refractivity contribution in [1.82, 2.24) is 18.5 Å². The van der Waals surface area contributed by atoms with E-state index in [0.29, 0.717) is 0 Å². The van der Waals surface area contributed by atoms with E-state index in [-0.39, 0.29) is 23.2 Å². The molecule has 0 fully saturated rings. The van der Waals surface area contributed by atoms with Gasteiger partial charge in [0.25, 0.3) is 0 Å². The van der Waals surface area contributed by atoms with Gasteiger partial charge in [-0.25, -0.2) is 4.57 Å². The van der Waals surface area contributed by atoms with Gasteiger partial charge < -0.3 is 33.1 Å². The first kappa shape index (κ1) is 36.4. The lowest BCUT2D eigenvalue weighted by atomic mass is 14.0. The molecule has 0 saturated carbocycles. The zero-order valence-electron chi connectivity index (χ0n) is 4.73. The molecule has 0 bridgehead atoms. The molecule has 0 unspecified atom stereocenters. The van der Waals surface area contributed by atoms with Crippen LogP contribution in [0.2, 0.25) is 0 Å². The Kier molecular flexibility index (Phi) is 43.8. The Morgan fingerprint density at radius 3 is 0.889 bits per heavy atom. The molecule has 0 aliphatic carbocycles. The Balaban J connectivity index is -0.0000000133. The van der Waals surface area contributed by atoms with E-state index in [1.807, 2.05) is 0 Å². The molecule has 0 saturated heterocycles. The molecule has 0 atom stereocenters. The summed E-state index contributed by atoms with van der Waals surface area (Å²) < 4.78 is 8.88. The monoisotopic (exact) mass is 169 g/mol. The largest absolute Gasteiger partial charge is 0.466 e. The third-order valence-electron chi connectivity index (χ3n) is 0. The van der Waals surface area contributed by atoms with Crippen LogP contribution in [-0.4, -0.2) is 14.7 Å². The number of hydrogen-bond acceptors (Lipinski definition) is 4. The first-order valence-corrected chi connectivity index (χ1v) is 2.35. The summed E-state index contributed by atoms with van der Waals surface area (Å²) in [6.45, 7) is 0. The Hall–Kier alpha value is -0.0800. The van der Waals surface area contributed by atoms with Crippen molar-refractivity contribution in [3.8, 4) is 0 Å². The lowest BCUT2D eigenvalue weighted by Gasteiger charge is -1.82. The van der Waals surface area contributed by atoms with Crippen LogP contribution in [-0.2, 0) is 4.57 Å². The number of halogens is 1. The molecule has 0 spiro atoms. The van der Waals surface area contributed by atoms with Crippen LogP contribution in [0.5, 0.6) is 0 Å². The average molecular weight is 169 g/mol. The second-order valence-corrected chi connectivity index (χ2v) is 1.54. The van der Waals surface area contributed by atoms with Crippen molar-refractivity contribution in [2.75, 3.05) is 0 Å². The zero-order valence-corrected chi connectivity index (χ0v) is 5.62. The molecule has 0 aromatic rings. The summed E-state index contributed by atoms with van der Waals surface area (Å²) in [7, 11) is -4.64. The molecule has 64 valence electrons. The van der Waals surface area contributed by atoms with E-state index in [9.17, 15) is 0 Å². The van der Waals surface area contributed by atoms with Gasteiger partial charge in [-0.05, 0) is 0 Å². The van der Waals surface area contributed by atoms with Crippen LogP contribution in [0, 0.1) is 0 Å². The highest BCUT2D eigenvalue weighted by Crippen LogP contribution is 2.25. The molecule has 0 aromatic heterocycles. The lowest BCUT2D eigenvalue weighted by Crippen LogP contribution is -1.66. The van der Waals surface area contributed by atoms with Gasteiger partial charge in [-0.3, -0.25) is 4.70 Å². The normalized spacial score (nSPS) is 6.56. The summed E-state index contributed by atoms with van der Waals surface area (Å²) in [5, 5.41) is 0. The molecule has 0 heterocycles. The maximum absolute atomic E-state index is 8.88. The molecule has 7 nitrogen and oxygen atoms in total. The molecule has 0 radical (unpaired) electrons. The van der Waals surface area contributed by atoms with Crippen LogP contribution in [0.4, 0.5) is 4.70 Å². The summed E-state index contributed by atoms with van der Waals surface area (Å²) in [4.78, 5) is 21.6. The Labute approximate surface area is 51.4 Å². The standard InChI is InChI=1S/FH.3H3N.H3O4P/c;;;;1-5(2,3)4/h1H;3*1H3;(H3,1,2,3,4). The van der Waals surface area contributed by atoms with Crippen molar-refractivity contribution in [1.29, 1.82) is 0 Å². The van der Waals surface area contributed by atoms with Crippen molar-refractivity contribution >= 4 is 7.82 Å². The van der Waals surface area contributed by atoms with E-state index in [2.05, 4.69) is 0 Å². The maximum Gasteiger partial charge on any atom is 0.466 e. The predicted molar refractivity (Wildman–Crippen MR) is 31.8 cm³/mol. The van der Waals surface area contributed by atoms with Crippen LogP contribution >= 0.6 is 7.82 Å². The fourth-order valence-corrected chi connectivity index (χ4v) is 0. The highest BCUT2D eigenvalue weighted by Gasteiger charge is 2.00. The van der Waals surface area contributed by atoms with E-state index >= 15 is 0 Å². The molecule has 0 aliphatic rings. The fraction of sp³-hybridized carbons (Fsp3) is 0. The molecule has 0 aromatic carbocycles. The molecule has 12 N–H and O–H groups in total. The Morgan fingerprint density at radius 1 is 0.889 bits per heavy atom. The van der Waals surface area contributed by atoms with Crippen LogP contribution < -0.4 is 18.5 Å². The van der Waals surface area contributed by atoms with Gasteiger partial charge in [0.1, 0.15) is 0 Å². The summed E-state index contributed by atoms with van der Waals surface area (Å²) >= 11 is 0. The van der Waals surface area contributed by atoms with Gasteiger partial charge >= 0.3 is 7.82 Å². The van der Waals surface area contributed by atoms with Crippen molar-refractivity contribution in [2.45, 2.75) is 0 Å². The molecular formula is H13FN3O4P. The maximum atomic E-state index is 8.88. The van der Waals surface area contributed by atoms with Crippen LogP contribution in [0.25, 0.3) is 0 Å². The highest BCUT2D eigenvalue weighted by atomic mass is 31.2. The van der Waals surface area contributed by atoms with Gasteiger partial charge in [0.05, 0.1) is 0 Å². The van der Waals surface area contributed by atoms with Crippen molar-refractivity contribution in [3.63, 3.8) is 0 Å². The van der Waals surface area contributed by atoms with Crippen molar-refractivity contribution in [2.24, 2.45) is 0 Å². The van der Waals surface area contributed by atoms with Gasteiger partial charge in [0, 0.05) is 0 Å². The summed E-state index contributed by atoms with van der Waals surface area (Å²) in [5.41, 5.74) is 0. The zero-order chi connectivity index (χ0) is 4.50. The summed E-state index contributed by atoms with van der Waals surface area (Å²) in [6.07, 6.45) is 0. The lowest BCUT2D eigenvalue weighted by molar-refractivity contribution is 0.275.